The first-order chi connectivity index (χ1) is 7.00. The molecule has 0 radical (unpaired) electrons. The van der Waals surface area contributed by atoms with Crippen molar-refractivity contribution in [1.82, 2.24) is 0 Å². The maximum absolute atomic E-state index is 12.7. The normalized spacial score (nSPS) is 12.0. The smallest absolute Gasteiger partial charge is 0.445 e. The highest BCUT2D eigenvalue weighted by molar-refractivity contribution is 6.76. The molecule has 0 nitrogen and oxygen atoms in total. The van der Waals surface area contributed by atoms with Crippen molar-refractivity contribution in [3.05, 3.63) is 41.4 Å². The van der Waals surface area contributed by atoms with Crippen LogP contribution in [0.1, 0.15) is 0 Å². The van der Waals surface area contributed by atoms with Crippen LogP contribution in [0, 0.1) is 0 Å². The summed E-state index contributed by atoms with van der Waals surface area (Å²) >= 11 is 5.78. The minimum Gasteiger partial charge on any atom is -0.445 e. The summed E-state index contributed by atoms with van der Waals surface area (Å²) in [5.41, 5.74) is -0.627. The molecule has 0 aliphatic carbocycles. The topological polar surface area (TPSA) is 0 Å². The van der Waals surface area contributed by atoms with Crippen LogP contribution in [-0.4, -0.2) is 6.98 Å². The van der Waals surface area contributed by atoms with E-state index in [2.05, 4.69) is 0 Å². The van der Waals surface area contributed by atoms with Crippen LogP contribution in [0.2, 0.25) is 5.02 Å². The second-order valence-corrected chi connectivity index (χ2v) is 3.67. The van der Waals surface area contributed by atoms with Gasteiger partial charge in [-0.15, -0.1) is 0 Å². The van der Waals surface area contributed by atoms with Gasteiger partial charge in [0.25, 0.3) is 0 Å². The number of hydrogen-bond acceptors (Lipinski definition) is 0. The fraction of sp³-hybridized carbons (Fsp3) is 0. The average Bonchev–Trinajstić information content (AvgIpc) is 2.16. The van der Waals surface area contributed by atoms with Gasteiger partial charge in [-0.05, 0) is 16.8 Å². The van der Waals surface area contributed by atoms with Crippen molar-refractivity contribution in [3.8, 4) is 0 Å². The van der Waals surface area contributed by atoms with Crippen molar-refractivity contribution in [3.63, 3.8) is 0 Å². The fourth-order valence-corrected chi connectivity index (χ4v) is 1.89. The van der Waals surface area contributed by atoms with E-state index in [1.807, 2.05) is 0 Å². The zero-order valence-corrected chi connectivity index (χ0v) is 8.31. The van der Waals surface area contributed by atoms with Crippen LogP contribution in [0.15, 0.2) is 36.4 Å². The van der Waals surface area contributed by atoms with E-state index in [1.165, 1.54) is 12.1 Å². The molecule has 0 fully saturated rings. The number of benzene rings is 2. The summed E-state index contributed by atoms with van der Waals surface area (Å²) in [5.74, 6) is 0. The van der Waals surface area contributed by atoms with E-state index in [9.17, 15) is 12.9 Å². The quantitative estimate of drug-likeness (QED) is 0.656. The van der Waals surface area contributed by atoms with Gasteiger partial charge in [-0.1, -0.05) is 47.4 Å². The van der Waals surface area contributed by atoms with Gasteiger partial charge in [-0.25, -0.2) is 0 Å². The molecule has 2 aromatic rings. The van der Waals surface area contributed by atoms with E-state index in [1.54, 1.807) is 18.2 Å². The molecular weight excluding hydrogens is 223 g/mol. The lowest BCUT2D eigenvalue weighted by molar-refractivity contribution is 0.502. The van der Waals surface area contributed by atoms with E-state index in [-0.39, 0.29) is 10.4 Å². The molecule has 0 N–H and O–H groups in total. The van der Waals surface area contributed by atoms with Crippen LogP contribution < -0.4 is 5.46 Å². The maximum atomic E-state index is 12.7. The molecule has 0 saturated carbocycles. The average molecular weight is 229 g/mol. The first-order valence-electron chi connectivity index (χ1n) is 4.37. The zero-order valence-electron chi connectivity index (χ0n) is 7.55. The number of halogens is 4. The second-order valence-electron chi connectivity index (χ2n) is 3.26. The fourth-order valence-electron chi connectivity index (χ4n) is 1.60. The Labute approximate surface area is 89.7 Å². The molecule has 0 amide bonds. The van der Waals surface area contributed by atoms with Crippen LogP contribution >= 0.6 is 11.6 Å². The lowest BCUT2D eigenvalue weighted by Gasteiger charge is -2.18. The van der Waals surface area contributed by atoms with Crippen LogP contribution in [0.3, 0.4) is 0 Å². The number of fused-ring (bicyclic) bond motifs is 1. The monoisotopic (exact) mass is 229 g/mol. The molecule has 0 aromatic heterocycles. The number of hydrogen-bond donors (Lipinski definition) is 0. The minimum atomic E-state index is -5.02. The van der Waals surface area contributed by atoms with Gasteiger partial charge >= 0.3 is 6.98 Å². The summed E-state index contributed by atoms with van der Waals surface area (Å²) in [5, 5.41) is 0.746. The molecule has 0 atom stereocenters. The van der Waals surface area contributed by atoms with Crippen molar-refractivity contribution in [1.29, 1.82) is 0 Å². The van der Waals surface area contributed by atoms with Crippen molar-refractivity contribution in [2.75, 3.05) is 0 Å². The zero-order chi connectivity index (χ0) is 11.1. The predicted octanol–water partition coefficient (Wildman–Crippen LogP) is 3.55. The van der Waals surface area contributed by atoms with Crippen molar-refractivity contribution < 1.29 is 12.9 Å². The Hall–Kier alpha value is -1.16. The Bertz CT molecular complexity index is 502. The molecule has 0 aliphatic heterocycles. The van der Waals surface area contributed by atoms with Gasteiger partial charge < -0.3 is 12.9 Å². The molecule has 5 heteroatoms. The summed E-state index contributed by atoms with van der Waals surface area (Å²) in [6, 6.07) is 8.80. The van der Waals surface area contributed by atoms with Crippen LogP contribution in [-0.2, 0) is 0 Å². The summed E-state index contributed by atoms with van der Waals surface area (Å²) in [7, 11) is 0. The van der Waals surface area contributed by atoms with Gasteiger partial charge in [-0.3, -0.25) is 0 Å². The van der Waals surface area contributed by atoms with Crippen LogP contribution in [0.25, 0.3) is 10.8 Å². The number of rotatable bonds is 1. The van der Waals surface area contributed by atoms with E-state index in [4.69, 9.17) is 11.6 Å². The standard InChI is InChI=1S/C10H6BClF3/c12-9-6-2-4-7-3-1-5-8(10(7)9)11(13,14)15/h1-6H/q-1. The molecule has 0 heterocycles. The molecular formula is C10H6BClF3-. The Kier molecular flexibility index (Phi) is 2.39. The van der Waals surface area contributed by atoms with Gasteiger partial charge in [0.2, 0.25) is 0 Å². The molecule has 2 aromatic carbocycles. The lowest BCUT2D eigenvalue weighted by Crippen LogP contribution is -2.34. The summed E-state index contributed by atoms with van der Waals surface area (Å²) in [6.45, 7) is -5.02. The van der Waals surface area contributed by atoms with E-state index in [0.29, 0.717) is 5.39 Å². The Morgan fingerprint density at radius 1 is 0.933 bits per heavy atom. The summed E-state index contributed by atoms with van der Waals surface area (Å²) < 4.78 is 38.1. The molecule has 0 aliphatic rings. The third kappa shape index (κ3) is 1.82. The van der Waals surface area contributed by atoms with E-state index in [0.717, 1.165) is 6.07 Å². The maximum Gasteiger partial charge on any atom is 0.510 e. The SMILES string of the molecule is F[B-](F)(F)c1cccc2cccc(Cl)c12. The first kappa shape index (κ1) is 10.4. The second kappa shape index (κ2) is 3.45. The molecule has 0 unspecified atom stereocenters. The highest BCUT2D eigenvalue weighted by atomic mass is 35.5. The summed E-state index contributed by atoms with van der Waals surface area (Å²) in [6.07, 6.45) is 0. The summed E-state index contributed by atoms with van der Waals surface area (Å²) in [4.78, 5) is 0. The Morgan fingerprint density at radius 3 is 2.13 bits per heavy atom. The minimum absolute atomic E-state index is 0.0918. The lowest BCUT2D eigenvalue weighted by atomic mass is 9.77. The molecule has 2 rings (SSSR count). The van der Waals surface area contributed by atoms with E-state index < -0.39 is 12.4 Å². The highest BCUT2D eigenvalue weighted by Crippen LogP contribution is 2.24. The van der Waals surface area contributed by atoms with Gasteiger partial charge in [0.05, 0.1) is 0 Å². The third-order valence-electron chi connectivity index (χ3n) is 2.24. The third-order valence-corrected chi connectivity index (χ3v) is 2.55. The molecule has 0 saturated heterocycles. The highest BCUT2D eigenvalue weighted by Gasteiger charge is 2.27. The predicted molar refractivity (Wildman–Crippen MR) is 57.7 cm³/mol. The molecule has 78 valence electrons. The first-order valence-corrected chi connectivity index (χ1v) is 4.75. The van der Waals surface area contributed by atoms with Crippen LogP contribution in [0.5, 0.6) is 0 Å². The van der Waals surface area contributed by atoms with Crippen molar-refractivity contribution >= 4 is 34.8 Å². The Morgan fingerprint density at radius 2 is 1.53 bits per heavy atom. The van der Waals surface area contributed by atoms with E-state index >= 15 is 0 Å². The van der Waals surface area contributed by atoms with Gasteiger partial charge in [0.15, 0.2) is 0 Å². The van der Waals surface area contributed by atoms with Gasteiger partial charge in [0.1, 0.15) is 0 Å². The van der Waals surface area contributed by atoms with Crippen molar-refractivity contribution in [2.45, 2.75) is 0 Å². The molecule has 0 spiro atoms. The van der Waals surface area contributed by atoms with Gasteiger partial charge in [0, 0.05) is 5.02 Å². The van der Waals surface area contributed by atoms with Crippen molar-refractivity contribution in [2.24, 2.45) is 0 Å². The largest absolute Gasteiger partial charge is 0.510 e. The Balaban J connectivity index is 2.86. The van der Waals surface area contributed by atoms with Gasteiger partial charge in [-0.2, -0.15) is 0 Å². The molecule has 15 heavy (non-hydrogen) atoms. The van der Waals surface area contributed by atoms with Crippen LogP contribution in [0.4, 0.5) is 12.9 Å². The molecule has 0 bridgehead atoms.